The number of nitrogens with one attached hydrogen (secondary N) is 2. The molecule has 0 saturated carbocycles. The van der Waals surface area contributed by atoms with Gasteiger partial charge in [0, 0.05) is 43.6 Å². The first kappa shape index (κ1) is 15.7. The molecule has 0 aliphatic carbocycles. The fourth-order valence-corrected chi connectivity index (χ4v) is 1.83. The highest BCUT2D eigenvalue weighted by molar-refractivity contribution is 5.81. The molecule has 0 aliphatic rings. The van der Waals surface area contributed by atoms with Gasteiger partial charge in [0.15, 0.2) is 0 Å². The number of anilines is 2. The first-order valence-electron chi connectivity index (χ1n) is 6.50. The van der Waals surface area contributed by atoms with Crippen LogP contribution in [-0.4, -0.2) is 42.4 Å². The minimum Gasteiger partial charge on any atom is -0.388 e. The highest BCUT2D eigenvalue weighted by Gasteiger charge is 2.12. The Balaban J connectivity index is 2.79. The van der Waals surface area contributed by atoms with Crippen molar-refractivity contribution >= 4 is 23.0 Å². The zero-order chi connectivity index (χ0) is 15.1. The number of nitro benzene ring substituents is 1. The maximum Gasteiger partial charge on any atom is 0.273 e. The largest absolute Gasteiger partial charge is 0.388 e. The topological polar surface area (TPSA) is 87.5 Å². The number of amides is 1. The standard InChI is InChI=1S/C13H20N4O3/c1-4-16(5-2)13(18)9-15-11-6-10(14-3)7-12(8-11)17(19)20/h6-8,14-15H,4-5,9H2,1-3H3. The zero-order valence-corrected chi connectivity index (χ0v) is 12.0. The maximum atomic E-state index is 11.9. The lowest BCUT2D eigenvalue weighted by Gasteiger charge is -2.19. The van der Waals surface area contributed by atoms with Gasteiger partial charge >= 0.3 is 0 Å². The Morgan fingerprint density at radius 2 is 1.85 bits per heavy atom. The molecule has 1 aromatic carbocycles. The van der Waals surface area contributed by atoms with Crippen LogP contribution in [-0.2, 0) is 4.79 Å². The Labute approximate surface area is 118 Å². The molecule has 0 atom stereocenters. The Hall–Kier alpha value is -2.31. The summed E-state index contributed by atoms with van der Waals surface area (Å²) in [5, 5.41) is 16.6. The highest BCUT2D eigenvalue weighted by atomic mass is 16.6. The lowest BCUT2D eigenvalue weighted by atomic mass is 10.2. The second-order valence-electron chi connectivity index (χ2n) is 4.20. The number of likely N-dealkylation sites (N-methyl/N-ethyl adjacent to an activating group) is 1. The molecule has 0 bridgehead atoms. The predicted molar refractivity (Wildman–Crippen MR) is 79.1 cm³/mol. The third-order valence-corrected chi connectivity index (χ3v) is 2.98. The molecule has 1 amide bonds. The van der Waals surface area contributed by atoms with Gasteiger partial charge in [-0.25, -0.2) is 0 Å². The zero-order valence-electron chi connectivity index (χ0n) is 12.0. The van der Waals surface area contributed by atoms with E-state index in [0.29, 0.717) is 24.5 Å². The SMILES string of the molecule is CCN(CC)C(=O)CNc1cc(NC)cc([N+](=O)[O-])c1. The highest BCUT2D eigenvalue weighted by Crippen LogP contribution is 2.23. The summed E-state index contributed by atoms with van der Waals surface area (Å²) in [6.45, 7) is 5.23. The molecule has 2 N–H and O–H groups in total. The van der Waals surface area contributed by atoms with Crippen LogP contribution in [0, 0.1) is 10.1 Å². The van der Waals surface area contributed by atoms with Crippen LogP contribution >= 0.6 is 0 Å². The Morgan fingerprint density at radius 1 is 1.25 bits per heavy atom. The Bertz CT molecular complexity index is 487. The number of nitrogens with zero attached hydrogens (tertiary/aromatic N) is 2. The lowest BCUT2D eigenvalue weighted by Crippen LogP contribution is -2.35. The van der Waals surface area contributed by atoms with Crippen molar-refractivity contribution in [1.29, 1.82) is 0 Å². The Kier molecular flexibility index (Phi) is 5.76. The molecular weight excluding hydrogens is 260 g/mol. The van der Waals surface area contributed by atoms with Gasteiger partial charge in [-0.3, -0.25) is 14.9 Å². The van der Waals surface area contributed by atoms with Crippen molar-refractivity contribution in [3.05, 3.63) is 28.3 Å². The van der Waals surface area contributed by atoms with Gasteiger partial charge in [-0.05, 0) is 19.9 Å². The summed E-state index contributed by atoms with van der Waals surface area (Å²) in [5.74, 6) is -0.0347. The van der Waals surface area contributed by atoms with Crippen LogP contribution in [0.1, 0.15) is 13.8 Å². The van der Waals surface area contributed by atoms with Crippen LogP contribution in [0.2, 0.25) is 0 Å². The Morgan fingerprint density at radius 3 is 2.35 bits per heavy atom. The van der Waals surface area contributed by atoms with Crippen molar-refractivity contribution in [1.82, 2.24) is 4.90 Å². The van der Waals surface area contributed by atoms with Gasteiger partial charge in [0.25, 0.3) is 5.69 Å². The van der Waals surface area contributed by atoms with E-state index in [0.717, 1.165) is 0 Å². The monoisotopic (exact) mass is 280 g/mol. The molecular formula is C13H20N4O3. The van der Waals surface area contributed by atoms with Crippen LogP contribution in [0.25, 0.3) is 0 Å². The van der Waals surface area contributed by atoms with Crippen molar-refractivity contribution in [2.24, 2.45) is 0 Å². The molecule has 0 aromatic heterocycles. The van der Waals surface area contributed by atoms with E-state index < -0.39 is 4.92 Å². The van der Waals surface area contributed by atoms with E-state index in [4.69, 9.17) is 0 Å². The van der Waals surface area contributed by atoms with E-state index >= 15 is 0 Å². The summed E-state index contributed by atoms with van der Waals surface area (Å²) in [6.07, 6.45) is 0. The van der Waals surface area contributed by atoms with Gasteiger partial charge in [0.2, 0.25) is 5.91 Å². The van der Waals surface area contributed by atoms with Crippen LogP contribution in [0.4, 0.5) is 17.1 Å². The first-order valence-corrected chi connectivity index (χ1v) is 6.50. The number of hydrogen-bond acceptors (Lipinski definition) is 5. The van der Waals surface area contributed by atoms with Crippen molar-refractivity contribution in [3.63, 3.8) is 0 Å². The van der Waals surface area contributed by atoms with Crippen molar-refractivity contribution in [2.45, 2.75) is 13.8 Å². The molecule has 7 heteroatoms. The van der Waals surface area contributed by atoms with E-state index in [-0.39, 0.29) is 18.1 Å². The van der Waals surface area contributed by atoms with Gasteiger partial charge in [0.05, 0.1) is 11.5 Å². The molecule has 0 fully saturated rings. The number of nitro groups is 1. The summed E-state index contributed by atoms with van der Waals surface area (Å²) in [7, 11) is 1.68. The molecule has 110 valence electrons. The summed E-state index contributed by atoms with van der Waals surface area (Å²) in [5.41, 5.74) is 1.15. The fourth-order valence-electron chi connectivity index (χ4n) is 1.83. The number of benzene rings is 1. The molecule has 0 aliphatic heterocycles. The molecule has 1 rings (SSSR count). The fraction of sp³-hybridized carbons (Fsp3) is 0.462. The minimum atomic E-state index is -0.460. The lowest BCUT2D eigenvalue weighted by molar-refractivity contribution is -0.384. The minimum absolute atomic E-state index is 0.0189. The molecule has 0 saturated heterocycles. The van der Waals surface area contributed by atoms with Crippen LogP contribution in [0.15, 0.2) is 18.2 Å². The molecule has 0 radical (unpaired) electrons. The van der Waals surface area contributed by atoms with Crippen LogP contribution < -0.4 is 10.6 Å². The van der Waals surface area contributed by atoms with Gasteiger partial charge in [0.1, 0.15) is 0 Å². The number of carbonyl (C=O) groups is 1. The van der Waals surface area contributed by atoms with E-state index in [9.17, 15) is 14.9 Å². The van der Waals surface area contributed by atoms with Crippen LogP contribution in [0.3, 0.4) is 0 Å². The van der Waals surface area contributed by atoms with Gasteiger partial charge in [-0.15, -0.1) is 0 Å². The number of carbonyl (C=O) groups excluding carboxylic acids is 1. The summed E-state index contributed by atoms with van der Waals surface area (Å²) < 4.78 is 0. The van der Waals surface area contributed by atoms with Gasteiger partial charge in [-0.1, -0.05) is 0 Å². The second kappa shape index (κ2) is 7.32. The molecule has 0 unspecified atom stereocenters. The van der Waals surface area contributed by atoms with E-state index in [1.165, 1.54) is 12.1 Å². The molecule has 0 spiro atoms. The van der Waals surface area contributed by atoms with Gasteiger partial charge in [-0.2, -0.15) is 0 Å². The van der Waals surface area contributed by atoms with Crippen molar-refractivity contribution in [3.8, 4) is 0 Å². The van der Waals surface area contributed by atoms with Crippen LogP contribution in [0.5, 0.6) is 0 Å². The number of hydrogen-bond donors (Lipinski definition) is 2. The molecule has 0 heterocycles. The number of non-ortho nitro benzene ring substituents is 1. The summed E-state index contributed by atoms with van der Waals surface area (Å²) in [4.78, 5) is 23.9. The third kappa shape index (κ3) is 4.11. The average molecular weight is 280 g/mol. The second-order valence-corrected chi connectivity index (χ2v) is 4.20. The molecule has 20 heavy (non-hydrogen) atoms. The van der Waals surface area contributed by atoms with Crippen molar-refractivity contribution < 1.29 is 9.72 Å². The summed E-state index contributed by atoms with van der Waals surface area (Å²) >= 11 is 0. The van der Waals surface area contributed by atoms with E-state index in [1.54, 1.807) is 18.0 Å². The molecule has 1 aromatic rings. The predicted octanol–water partition coefficient (Wildman–Crippen LogP) is 1.92. The smallest absolute Gasteiger partial charge is 0.273 e. The van der Waals surface area contributed by atoms with Gasteiger partial charge < -0.3 is 15.5 Å². The number of rotatable bonds is 7. The molecule has 7 nitrogen and oxygen atoms in total. The quantitative estimate of drug-likeness (QED) is 0.588. The van der Waals surface area contributed by atoms with Crippen molar-refractivity contribution in [2.75, 3.05) is 37.3 Å². The average Bonchev–Trinajstić information content (AvgIpc) is 2.45. The van der Waals surface area contributed by atoms with E-state index in [1.807, 2.05) is 13.8 Å². The first-order chi connectivity index (χ1) is 9.51. The maximum absolute atomic E-state index is 11.9. The summed E-state index contributed by atoms with van der Waals surface area (Å²) in [6, 6.07) is 4.58. The normalized spacial score (nSPS) is 9.95. The van der Waals surface area contributed by atoms with E-state index in [2.05, 4.69) is 10.6 Å². The third-order valence-electron chi connectivity index (χ3n) is 2.98.